The van der Waals surface area contributed by atoms with Gasteiger partial charge in [0.2, 0.25) is 0 Å². The largest absolute Gasteiger partial charge is 0.370 e. The van der Waals surface area contributed by atoms with Crippen molar-refractivity contribution in [1.82, 2.24) is 5.16 Å². The first kappa shape index (κ1) is 9.01. The molecule has 1 heterocycles. The van der Waals surface area contributed by atoms with Crippen LogP contribution in [0.4, 0.5) is 5.82 Å². The Bertz CT molecular complexity index is 172. The van der Waals surface area contributed by atoms with Crippen LogP contribution >= 0.6 is 0 Å². The zero-order valence-corrected chi connectivity index (χ0v) is 6.93. The Morgan fingerprint density at radius 1 is 1.50 bits per heavy atom. The van der Waals surface area contributed by atoms with Gasteiger partial charge in [-0.15, -0.1) is 0 Å². The molecule has 0 atom stereocenters. The van der Waals surface area contributed by atoms with Gasteiger partial charge in [-0.2, -0.15) is 0 Å². The van der Waals surface area contributed by atoms with E-state index in [0.29, 0.717) is 0 Å². The van der Waals surface area contributed by atoms with E-state index < -0.39 is 0 Å². The van der Waals surface area contributed by atoms with Crippen LogP contribution in [-0.4, -0.2) is 12.2 Å². The van der Waals surface area contributed by atoms with Gasteiger partial charge in [0.1, 0.15) is 5.76 Å². The molecule has 3 nitrogen and oxygen atoms in total. The van der Waals surface area contributed by atoms with Crippen molar-refractivity contribution in [3.05, 3.63) is 11.8 Å². The van der Waals surface area contributed by atoms with Gasteiger partial charge in [-0.25, -0.2) is 0 Å². The van der Waals surface area contributed by atoms with Gasteiger partial charge in [0.25, 0.3) is 0 Å². The summed E-state index contributed by atoms with van der Waals surface area (Å²) < 4.78 is 4.74. The maximum atomic E-state index is 4.74. The molecule has 0 radical (unpaired) electrons. The zero-order chi connectivity index (χ0) is 7.98. The summed E-state index contributed by atoms with van der Waals surface area (Å²) in [6.07, 6.45) is 0. The van der Waals surface area contributed by atoms with Crippen molar-refractivity contribution in [3.8, 4) is 0 Å². The van der Waals surface area contributed by atoms with Crippen LogP contribution in [0.15, 0.2) is 10.6 Å². The first-order valence-corrected chi connectivity index (χ1v) is 3.44. The van der Waals surface area contributed by atoms with Crippen LogP contribution in [0.3, 0.4) is 0 Å². The van der Waals surface area contributed by atoms with Crippen molar-refractivity contribution in [2.24, 2.45) is 0 Å². The predicted molar refractivity (Wildman–Crippen MR) is 42.1 cm³/mol. The molecular weight excluding hydrogens is 128 g/mol. The number of aryl methyl sites for hydroxylation is 1. The molecule has 0 bridgehead atoms. The molecule has 58 valence electrons. The molecule has 0 aliphatic carbocycles. The van der Waals surface area contributed by atoms with Gasteiger partial charge in [-0.1, -0.05) is 19.0 Å². The molecule has 0 saturated heterocycles. The lowest BCUT2D eigenvalue weighted by atomic mass is 10.5. The Balaban J connectivity index is 0.000000371. The number of hydrogen-bond donors (Lipinski definition) is 1. The second-order valence-electron chi connectivity index (χ2n) is 1.57. The van der Waals surface area contributed by atoms with E-state index in [-0.39, 0.29) is 0 Å². The summed E-state index contributed by atoms with van der Waals surface area (Å²) in [4.78, 5) is 0. The molecule has 0 amide bonds. The van der Waals surface area contributed by atoms with Gasteiger partial charge in [-0.3, -0.25) is 0 Å². The molecule has 1 N–H and O–H groups in total. The summed E-state index contributed by atoms with van der Waals surface area (Å²) >= 11 is 0. The van der Waals surface area contributed by atoms with Crippen LogP contribution in [0, 0.1) is 6.92 Å². The number of rotatable bonds is 1. The summed E-state index contributed by atoms with van der Waals surface area (Å²) in [6, 6.07) is 1.83. The first-order chi connectivity index (χ1) is 4.83. The number of anilines is 1. The highest BCUT2D eigenvalue weighted by molar-refractivity contribution is 5.31. The Morgan fingerprint density at radius 2 is 2.10 bits per heavy atom. The van der Waals surface area contributed by atoms with E-state index in [1.807, 2.05) is 26.8 Å². The minimum absolute atomic E-state index is 0.780. The molecule has 0 saturated carbocycles. The van der Waals surface area contributed by atoms with Crippen molar-refractivity contribution < 1.29 is 4.52 Å². The van der Waals surface area contributed by atoms with Gasteiger partial charge in [-0.05, 0) is 6.92 Å². The molecule has 10 heavy (non-hydrogen) atoms. The normalized spacial score (nSPS) is 8.00. The fraction of sp³-hybridized carbons (Fsp3) is 0.571. The average Bonchev–Trinajstić information content (AvgIpc) is 2.40. The summed E-state index contributed by atoms with van der Waals surface area (Å²) in [7, 11) is 1.80. The average molecular weight is 142 g/mol. The van der Waals surface area contributed by atoms with E-state index in [1.54, 1.807) is 7.05 Å². The van der Waals surface area contributed by atoms with E-state index in [4.69, 9.17) is 4.52 Å². The first-order valence-electron chi connectivity index (χ1n) is 3.44. The summed E-state index contributed by atoms with van der Waals surface area (Å²) in [5, 5.41) is 6.49. The molecule has 0 aromatic carbocycles. The summed E-state index contributed by atoms with van der Waals surface area (Å²) in [5.74, 6) is 1.61. The molecule has 0 aliphatic rings. The number of nitrogens with zero attached hydrogens (tertiary/aromatic N) is 1. The Morgan fingerprint density at radius 3 is 2.30 bits per heavy atom. The molecule has 0 spiro atoms. The molecule has 1 rings (SSSR count). The van der Waals surface area contributed by atoms with Crippen molar-refractivity contribution in [3.63, 3.8) is 0 Å². The van der Waals surface area contributed by atoms with Crippen LogP contribution in [-0.2, 0) is 0 Å². The van der Waals surface area contributed by atoms with Crippen molar-refractivity contribution in [1.29, 1.82) is 0 Å². The topological polar surface area (TPSA) is 38.1 Å². The highest BCUT2D eigenvalue weighted by Crippen LogP contribution is 2.04. The lowest BCUT2D eigenvalue weighted by Gasteiger charge is -1.82. The summed E-state index contributed by atoms with van der Waals surface area (Å²) in [6.45, 7) is 5.86. The van der Waals surface area contributed by atoms with Crippen LogP contribution in [0.1, 0.15) is 19.6 Å². The van der Waals surface area contributed by atoms with Crippen molar-refractivity contribution in [2.45, 2.75) is 20.8 Å². The SMILES string of the molecule is CC.CNc1cc(C)on1. The monoisotopic (exact) mass is 142 g/mol. The molecule has 0 unspecified atom stereocenters. The minimum Gasteiger partial charge on any atom is -0.370 e. The fourth-order valence-electron chi connectivity index (χ4n) is 0.484. The third kappa shape index (κ3) is 2.53. The third-order valence-corrected chi connectivity index (χ3v) is 0.884. The lowest BCUT2D eigenvalue weighted by molar-refractivity contribution is 0.400. The van der Waals surface area contributed by atoms with E-state index in [2.05, 4.69) is 10.5 Å². The standard InChI is InChI=1S/C5H8N2O.C2H6/c1-4-3-5(6-2)7-8-4;1-2/h3H,1-2H3,(H,6,7);1-2H3. The number of nitrogens with one attached hydrogen (secondary N) is 1. The molecule has 1 aromatic heterocycles. The van der Waals surface area contributed by atoms with Gasteiger partial charge in [0.05, 0.1) is 0 Å². The van der Waals surface area contributed by atoms with Crippen LogP contribution < -0.4 is 5.32 Å². The quantitative estimate of drug-likeness (QED) is 0.652. The smallest absolute Gasteiger partial charge is 0.169 e. The molecular formula is C7H14N2O. The number of aromatic nitrogens is 1. The second-order valence-corrected chi connectivity index (χ2v) is 1.57. The maximum absolute atomic E-state index is 4.74. The Labute approximate surface area is 61.4 Å². The lowest BCUT2D eigenvalue weighted by Crippen LogP contribution is -1.84. The highest BCUT2D eigenvalue weighted by atomic mass is 16.5. The number of hydrogen-bond acceptors (Lipinski definition) is 3. The van der Waals surface area contributed by atoms with E-state index in [9.17, 15) is 0 Å². The van der Waals surface area contributed by atoms with Crippen LogP contribution in [0.5, 0.6) is 0 Å². The van der Waals surface area contributed by atoms with E-state index >= 15 is 0 Å². The molecule has 0 aliphatic heterocycles. The van der Waals surface area contributed by atoms with E-state index in [1.165, 1.54) is 0 Å². The van der Waals surface area contributed by atoms with Gasteiger partial charge in [0, 0.05) is 13.1 Å². The molecule has 0 fully saturated rings. The van der Waals surface area contributed by atoms with Crippen molar-refractivity contribution in [2.75, 3.05) is 12.4 Å². The van der Waals surface area contributed by atoms with Crippen LogP contribution in [0.25, 0.3) is 0 Å². The molecule has 3 heteroatoms. The predicted octanol–water partition coefficient (Wildman–Crippen LogP) is 2.05. The van der Waals surface area contributed by atoms with E-state index in [0.717, 1.165) is 11.6 Å². The molecule has 1 aromatic rings. The fourth-order valence-corrected chi connectivity index (χ4v) is 0.484. The van der Waals surface area contributed by atoms with Gasteiger partial charge < -0.3 is 9.84 Å². The van der Waals surface area contributed by atoms with Gasteiger partial charge in [0.15, 0.2) is 5.82 Å². The minimum atomic E-state index is 0.780. The maximum Gasteiger partial charge on any atom is 0.169 e. The highest BCUT2D eigenvalue weighted by Gasteiger charge is 1.92. The summed E-state index contributed by atoms with van der Waals surface area (Å²) in [5.41, 5.74) is 0. The van der Waals surface area contributed by atoms with Gasteiger partial charge >= 0.3 is 0 Å². The Kier molecular flexibility index (Phi) is 4.37. The zero-order valence-electron chi connectivity index (χ0n) is 6.93. The van der Waals surface area contributed by atoms with Crippen LogP contribution in [0.2, 0.25) is 0 Å². The third-order valence-electron chi connectivity index (χ3n) is 0.884. The second kappa shape index (κ2) is 4.85. The Hall–Kier alpha value is -0.990. The van der Waals surface area contributed by atoms with Crippen molar-refractivity contribution >= 4 is 5.82 Å².